The fourth-order valence-electron chi connectivity index (χ4n) is 1.53. The van der Waals surface area contributed by atoms with Crippen LogP contribution in [0.3, 0.4) is 0 Å². The molecule has 0 aromatic heterocycles. The molecule has 3 nitrogen and oxygen atoms in total. The number of carbonyl (C=O) groups is 1. The summed E-state index contributed by atoms with van der Waals surface area (Å²) in [6.45, 7) is 1.80. The van der Waals surface area contributed by atoms with E-state index < -0.39 is 0 Å². The largest absolute Gasteiger partial charge is 0.496 e. The van der Waals surface area contributed by atoms with E-state index >= 15 is 0 Å². The molecule has 0 saturated heterocycles. The maximum Gasteiger partial charge on any atom is 0.312 e. The minimum atomic E-state index is -0.351. The molecule has 0 bridgehead atoms. The van der Waals surface area contributed by atoms with Crippen molar-refractivity contribution in [1.82, 2.24) is 0 Å². The van der Waals surface area contributed by atoms with E-state index in [-0.39, 0.29) is 11.9 Å². The fraction of sp³-hybridized carbons (Fsp3) is 0.417. The fourth-order valence-corrected chi connectivity index (χ4v) is 2.87. The molecule has 17 heavy (non-hydrogen) atoms. The summed E-state index contributed by atoms with van der Waals surface area (Å²) in [6, 6.07) is 3.81. The third-order valence-corrected chi connectivity index (χ3v) is 3.91. The topological polar surface area (TPSA) is 35.5 Å². The number of hydrogen-bond acceptors (Lipinski definition) is 3. The lowest BCUT2D eigenvalue weighted by Crippen LogP contribution is -2.12. The average molecular weight is 366 g/mol. The summed E-state index contributed by atoms with van der Waals surface area (Å²) in [5.74, 6) is 0.0676. The Morgan fingerprint density at radius 1 is 1.41 bits per heavy atom. The number of halogens is 2. The highest BCUT2D eigenvalue weighted by Gasteiger charge is 2.21. The van der Waals surface area contributed by atoms with Gasteiger partial charge < -0.3 is 9.47 Å². The van der Waals surface area contributed by atoms with Gasteiger partial charge in [-0.25, -0.2) is 0 Å². The molecule has 94 valence electrons. The quantitative estimate of drug-likeness (QED) is 0.603. The van der Waals surface area contributed by atoms with E-state index in [0.717, 1.165) is 20.9 Å². The van der Waals surface area contributed by atoms with E-state index in [1.165, 1.54) is 7.11 Å². The Labute approximate surface area is 118 Å². The van der Waals surface area contributed by atoms with Gasteiger partial charge in [0.05, 0.1) is 20.1 Å². The van der Waals surface area contributed by atoms with Crippen LogP contribution in [0.2, 0.25) is 0 Å². The molecule has 1 unspecified atom stereocenters. The van der Waals surface area contributed by atoms with Crippen molar-refractivity contribution in [3.05, 3.63) is 27.7 Å². The van der Waals surface area contributed by atoms with Crippen molar-refractivity contribution in [3.8, 4) is 5.75 Å². The molecule has 1 atom stereocenters. The summed E-state index contributed by atoms with van der Waals surface area (Å²) in [7, 11) is 2.97. The molecule has 1 rings (SSSR count). The highest BCUT2D eigenvalue weighted by Crippen LogP contribution is 2.33. The molecule has 0 heterocycles. The number of alkyl halides is 1. The first-order valence-electron chi connectivity index (χ1n) is 5.05. The van der Waals surface area contributed by atoms with Gasteiger partial charge in [-0.05, 0) is 24.6 Å². The third-order valence-electron chi connectivity index (χ3n) is 2.56. The Balaban J connectivity index is 3.23. The summed E-state index contributed by atoms with van der Waals surface area (Å²) in [4.78, 5) is 11.5. The molecule has 0 N–H and O–H groups in total. The predicted octanol–water partition coefficient (Wildman–Crippen LogP) is 3.63. The van der Waals surface area contributed by atoms with E-state index in [9.17, 15) is 4.79 Å². The van der Waals surface area contributed by atoms with Gasteiger partial charge in [0.25, 0.3) is 0 Å². The molecule has 0 radical (unpaired) electrons. The molecule has 0 aliphatic carbocycles. The minimum Gasteiger partial charge on any atom is -0.496 e. The van der Waals surface area contributed by atoms with Gasteiger partial charge in [0, 0.05) is 15.4 Å². The van der Waals surface area contributed by atoms with Crippen LogP contribution >= 0.6 is 31.9 Å². The van der Waals surface area contributed by atoms with Gasteiger partial charge in [-0.2, -0.15) is 0 Å². The van der Waals surface area contributed by atoms with Gasteiger partial charge in [0.1, 0.15) is 5.75 Å². The van der Waals surface area contributed by atoms with Gasteiger partial charge in [0.15, 0.2) is 0 Å². The number of hydrogen-bond donors (Lipinski definition) is 0. The third kappa shape index (κ3) is 3.22. The summed E-state index contributed by atoms with van der Waals surface area (Å²) in [5, 5.41) is 0.719. The van der Waals surface area contributed by atoms with E-state index in [1.807, 2.05) is 12.1 Å². The van der Waals surface area contributed by atoms with Crippen molar-refractivity contribution in [2.24, 2.45) is 0 Å². The molecule has 0 aliphatic rings. The van der Waals surface area contributed by atoms with Crippen LogP contribution < -0.4 is 4.74 Å². The molecule has 1 aromatic carbocycles. The second-order valence-corrected chi connectivity index (χ2v) is 4.98. The molecule has 0 aliphatic heterocycles. The van der Waals surface area contributed by atoms with Gasteiger partial charge in [-0.1, -0.05) is 31.9 Å². The first kappa shape index (κ1) is 14.5. The highest BCUT2D eigenvalue weighted by molar-refractivity contribution is 9.10. The molecule has 0 fully saturated rings. The Bertz CT molecular complexity index is 418. The summed E-state index contributed by atoms with van der Waals surface area (Å²) >= 11 is 6.87. The summed E-state index contributed by atoms with van der Waals surface area (Å²) in [6.07, 6.45) is 0. The lowest BCUT2D eigenvalue weighted by molar-refractivity contribution is -0.142. The summed E-state index contributed by atoms with van der Waals surface area (Å²) < 4.78 is 11.0. The van der Waals surface area contributed by atoms with E-state index in [4.69, 9.17) is 9.47 Å². The second kappa shape index (κ2) is 6.40. The molecule has 0 spiro atoms. The zero-order chi connectivity index (χ0) is 13.0. The minimum absolute atomic E-state index is 0.276. The van der Waals surface area contributed by atoms with E-state index in [0.29, 0.717) is 5.75 Å². The molecule has 0 saturated carbocycles. The first-order valence-corrected chi connectivity index (χ1v) is 6.96. The maximum atomic E-state index is 11.5. The number of benzene rings is 1. The maximum absolute atomic E-state index is 11.5. The standard InChI is InChI=1S/C12H14Br2O3/c1-7(12(15)17-3)9-5-10(14)8(6-13)4-11(9)16-2/h4-5,7H,6H2,1-3H3. The van der Waals surface area contributed by atoms with Crippen molar-refractivity contribution >= 4 is 37.8 Å². The van der Waals surface area contributed by atoms with Crippen molar-refractivity contribution in [1.29, 1.82) is 0 Å². The second-order valence-electron chi connectivity index (χ2n) is 3.56. The van der Waals surface area contributed by atoms with Gasteiger partial charge >= 0.3 is 5.97 Å². The van der Waals surface area contributed by atoms with Crippen molar-refractivity contribution in [2.45, 2.75) is 18.2 Å². The lowest BCUT2D eigenvalue weighted by Gasteiger charge is -2.16. The van der Waals surface area contributed by atoms with Crippen LogP contribution in [0.25, 0.3) is 0 Å². The Morgan fingerprint density at radius 2 is 2.06 bits per heavy atom. The van der Waals surface area contributed by atoms with Crippen LogP contribution in [0.5, 0.6) is 5.75 Å². The van der Waals surface area contributed by atoms with Crippen LogP contribution in [-0.4, -0.2) is 20.2 Å². The van der Waals surface area contributed by atoms with Crippen LogP contribution in [0, 0.1) is 0 Å². The molecule has 1 aromatic rings. The van der Waals surface area contributed by atoms with Crippen molar-refractivity contribution in [3.63, 3.8) is 0 Å². The molecule has 0 amide bonds. The first-order chi connectivity index (χ1) is 8.04. The van der Waals surface area contributed by atoms with Crippen LogP contribution in [0.1, 0.15) is 24.0 Å². The van der Waals surface area contributed by atoms with E-state index in [1.54, 1.807) is 14.0 Å². The molecule has 5 heteroatoms. The Kier molecular flexibility index (Phi) is 5.46. The number of methoxy groups -OCH3 is 2. The van der Waals surface area contributed by atoms with Crippen LogP contribution in [0.15, 0.2) is 16.6 Å². The van der Waals surface area contributed by atoms with Gasteiger partial charge in [-0.3, -0.25) is 4.79 Å². The number of ether oxygens (including phenoxy) is 2. The molecular formula is C12H14Br2O3. The van der Waals surface area contributed by atoms with Crippen molar-refractivity contribution < 1.29 is 14.3 Å². The Morgan fingerprint density at radius 3 is 2.53 bits per heavy atom. The number of carbonyl (C=O) groups excluding carboxylic acids is 1. The van der Waals surface area contributed by atoms with Gasteiger partial charge in [0.2, 0.25) is 0 Å². The summed E-state index contributed by atoms with van der Waals surface area (Å²) in [5.41, 5.74) is 1.89. The normalized spacial score (nSPS) is 12.1. The lowest BCUT2D eigenvalue weighted by atomic mass is 9.99. The van der Waals surface area contributed by atoms with Gasteiger partial charge in [-0.15, -0.1) is 0 Å². The van der Waals surface area contributed by atoms with Crippen molar-refractivity contribution in [2.75, 3.05) is 14.2 Å². The van der Waals surface area contributed by atoms with Crippen LogP contribution in [-0.2, 0) is 14.9 Å². The van der Waals surface area contributed by atoms with E-state index in [2.05, 4.69) is 31.9 Å². The molecular weight excluding hydrogens is 352 g/mol. The number of esters is 1. The monoisotopic (exact) mass is 364 g/mol. The zero-order valence-electron chi connectivity index (χ0n) is 9.92. The predicted molar refractivity (Wildman–Crippen MR) is 73.8 cm³/mol. The van der Waals surface area contributed by atoms with Crippen LogP contribution in [0.4, 0.5) is 0 Å². The SMILES string of the molecule is COC(=O)C(C)c1cc(Br)c(CBr)cc1OC. The average Bonchev–Trinajstić information content (AvgIpc) is 2.36. The zero-order valence-corrected chi connectivity index (χ0v) is 13.1. The smallest absolute Gasteiger partial charge is 0.312 e. The Hall–Kier alpha value is -0.550. The highest BCUT2D eigenvalue weighted by atomic mass is 79.9. The number of rotatable bonds is 4.